The Morgan fingerprint density at radius 3 is 2.52 bits per heavy atom. The summed E-state index contributed by atoms with van der Waals surface area (Å²) in [6, 6.07) is 19.4. The number of benzene rings is 2. The third-order valence-corrected chi connectivity index (χ3v) is 5.16. The van der Waals surface area contributed by atoms with E-state index in [0.29, 0.717) is 11.4 Å². The van der Waals surface area contributed by atoms with Crippen LogP contribution in [0.5, 0.6) is 0 Å². The molecule has 2 aromatic carbocycles. The Labute approximate surface area is 182 Å². The normalized spacial score (nSPS) is 13.5. The average molecular weight is 418 g/mol. The van der Waals surface area contributed by atoms with E-state index in [1.54, 1.807) is 18.3 Å². The largest absolute Gasteiger partial charge is 0.378 e. The molecule has 0 radical (unpaired) electrons. The Hall–Kier alpha value is -3.58. The molecule has 1 aromatic heterocycles. The van der Waals surface area contributed by atoms with Crippen molar-refractivity contribution in [3.05, 3.63) is 72.4 Å². The van der Waals surface area contributed by atoms with E-state index in [1.165, 1.54) is 0 Å². The van der Waals surface area contributed by atoms with Gasteiger partial charge < -0.3 is 25.2 Å². The first-order chi connectivity index (χ1) is 15.1. The monoisotopic (exact) mass is 417 g/mol. The number of hydrogen-bond donors (Lipinski definition) is 2. The molecule has 160 valence electrons. The van der Waals surface area contributed by atoms with Crippen LogP contribution in [0.15, 0.2) is 66.9 Å². The first kappa shape index (κ1) is 20.7. The fourth-order valence-electron chi connectivity index (χ4n) is 3.43. The maximum atomic E-state index is 12.7. The highest BCUT2D eigenvalue weighted by molar-refractivity contribution is 6.04. The molecule has 3 aromatic rings. The molecule has 0 unspecified atom stereocenters. The predicted octanol–water partition coefficient (Wildman–Crippen LogP) is 3.98. The number of hydrogen-bond acceptors (Lipinski definition) is 6. The van der Waals surface area contributed by atoms with Gasteiger partial charge in [0, 0.05) is 61.7 Å². The summed E-state index contributed by atoms with van der Waals surface area (Å²) in [5.74, 6) is 0.442. The molecule has 1 amide bonds. The van der Waals surface area contributed by atoms with Crippen LogP contribution in [-0.4, -0.2) is 51.3 Å². The standard InChI is InChI=1S/C24H27N5O2/c1-28(2)22-5-3-4-20(17-22)26-23-16-18(10-11-25-23)24(30)27-19-6-8-21(9-7-19)29-12-14-31-15-13-29/h3-11,16-17H,12-15H2,1-2H3,(H,25,26)(H,27,30). The summed E-state index contributed by atoms with van der Waals surface area (Å²) in [5, 5.41) is 6.23. The van der Waals surface area contributed by atoms with Crippen molar-refractivity contribution in [2.45, 2.75) is 0 Å². The van der Waals surface area contributed by atoms with Gasteiger partial charge in [0.25, 0.3) is 5.91 Å². The lowest BCUT2D eigenvalue weighted by molar-refractivity contribution is 0.102. The fourth-order valence-corrected chi connectivity index (χ4v) is 3.43. The van der Waals surface area contributed by atoms with E-state index in [9.17, 15) is 4.79 Å². The summed E-state index contributed by atoms with van der Waals surface area (Å²) >= 11 is 0. The highest BCUT2D eigenvalue weighted by atomic mass is 16.5. The zero-order valence-electron chi connectivity index (χ0n) is 17.8. The molecule has 0 bridgehead atoms. The van der Waals surface area contributed by atoms with Gasteiger partial charge in [-0.3, -0.25) is 4.79 Å². The Bertz CT molecular complexity index is 1030. The van der Waals surface area contributed by atoms with E-state index in [0.717, 1.165) is 49.1 Å². The van der Waals surface area contributed by atoms with Gasteiger partial charge >= 0.3 is 0 Å². The third kappa shape index (κ3) is 5.32. The molecule has 7 nitrogen and oxygen atoms in total. The third-order valence-electron chi connectivity index (χ3n) is 5.16. The molecule has 1 fully saturated rings. The second kappa shape index (κ2) is 9.49. The number of nitrogens with zero attached hydrogens (tertiary/aromatic N) is 3. The molecular formula is C24H27N5O2. The van der Waals surface area contributed by atoms with Crippen LogP contribution in [0, 0.1) is 0 Å². The van der Waals surface area contributed by atoms with Gasteiger partial charge in [-0.15, -0.1) is 0 Å². The maximum absolute atomic E-state index is 12.7. The van der Waals surface area contributed by atoms with Gasteiger partial charge in [0.15, 0.2) is 0 Å². The van der Waals surface area contributed by atoms with Crippen LogP contribution in [0.1, 0.15) is 10.4 Å². The molecule has 0 atom stereocenters. The molecule has 2 heterocycles. The molecule has 0 spiro atoms. The average Bonchev–Trinajstić information content (AvgIpc) is 2.80. The number of ether oxygens (including phenoxy) is 1. The zero-order valence-corrected chi connectivity index (χ0v) is 17.8. The number of nitrogens with one attached hydrogen (secondary N) is 2. The van der Waals surface area contributed by atoms with Crippen molar-refractivity contribution < 1.29 is 9.53 Å². The summed E-state index contributed by atoms with van der Waals surface area (Å²) in [6.45, 7) is 3.26. The predicted molar refractivity (Wildman–Crippen MR) is 126 cm³/mol. The lowest BCUT2D eigenvalue weighted by Gasteiger charge is -2.28. The number of anilines is 5. The molecule has 7 heteroatoms. The second-order valence-corrected chi connectivity index (χ2v) is 7.60. The molecule has 4 rings (SSSR count). The Morgan fingerprint density at radius 1 is 1.00 bits per heavy atom. The molecule has 0 aliphatic carbocycles. The second-order valence-electron chi connectivity index (χ2n) is 7.60. The maximum Gasteiger partial charge on any atom is 0.255 e. The van der Waals surface area contributed by atoms with E-state index < -0.39 is 0 Å². The number of rotatable bonds is 6. The van der Waals surface area contributed by atoms with Crippen LogP contribution in [0.25, 0.3) is 0 Å². The van der Waals surface area contributed by atoms with Gasteiger partial charge in [-0.05, 0) is 54.6 Å². The zero-order chi connectivity index (χ0) is 21.6. The lowest BCUT2D eigenvalue weighted by Crippen LogP contribution is -2.36. The van der Waals surface area contributed by atoms with Crippen LogP contribution in [0.3, 0.4) is 0 Å². The van der Waals surface area contributed by atoms with Crippen LogP contribution >= 0.6 is 0 Å². The number of amides is 1. The van der Waals surface area contributed by atoms with Crippen LogP contribution in [0.2, 0.25) is 0 Å². The topological polar surface area (TPSA) is 69.7 Å². The summed E-state index contributed by atoms with van der Waals surface area (Å²) in [6.07, 6.45) is 1.63. The van der Waals surface area contributed by atoms with Gasteiger partial charge in [-0.1, -0.05) is 6.07 Å². The van der Waals surface area contributed by atoms with E-state index in [4.69, 9.17) is 4.74 Å². The van der Waals surface area contributed by atoms with Gasteiger partial charge in [0.1, 0.15) is 5.82 Å². The van der Waals surface area contributed by atoms with E-state index >= 15 is 0 Å². The minimum Gasteiger partial charge on any atom is -0.378 e. The van der Waals surface area contributed by atoms with Crippen LogP contribution < -0.4 is 20.4 Å². The smallest absolute Gasteiger partial charge is 0.255 e. The van der Waals surface area contributed by atoms with Gasteiger partial charge in [-0.2, -0.15) is 0 Å². The molecule has 1 aliphatic heterocycles. The van der Waals surface area contributed by atoms with Crippen molar-refractivity contribution in [2.24, 2.45) is 0 Å². The molecular weight excluding hydrogens is 390 g/mol. The van der Waals surface area contributed by atoms with Gasteiger partial charge in [0.05, 0.1) is 13.2 Å². The van der Waals surface area contributed by atoms with Crippen LogP contribution in [0.4, 0.5) is 28.6 Å². The highest BCUT2D eigenvalue weighted by Gasteiger charge is 2.12. The summed E-state index contributed by atoms with van der Waals surface area (Å²) in [4.78, 5) is 21.4. The number of morpholine rings is 1. The van der Waals surface area contributed by atoms with Crippen molar-refractivity contribution in [1.29, 1.82) is 0 Å². The molecule has 1 aliphatic rings. The van der Waals surface area contributed by atoms with E-state index in [2.05, 4.69) is 20.5 Å². The molecule has 0 saturated carbocycles. The van der Waals surface area contributed by atoms with Crippen LogP contribution in [-0.2, 0) is 4.74 Å². The first-order valence-corrected chi connectivity index (χ1v) is 10.3. The summed E-state index contributed by atoms with van der Waals surface area (Å²) in [7, 11) is 3.99. The Morgan fingerprint density at radius 2 is 1.77 bits per heavy atom. The Balaban J connectivity index is 1.41. The minimum atomic E-state index is -0.174. The van der Waals surface area contributed by atoms with Crippen molar-refractivity contribution in [3.8, 4) is 0 Å². The summed E-state index contributed by atoms with van der Waals surface area (Å²) in [5.41, 5.74) is 4.43. The van der Waals surface area contributed by atoms with Gasteiger partial charge in [0.2, 0.25) is 0 Å². The van der Waals surface area contributed by atoms with Gasteiger partial charge in [-0.25, -0.2) is 4.98 Å². The SMILES string of the molecule is CN(C)c1cccc(Nc2cc(C(=O)Nc3ccc(N4CCOCC4)cc3)ccn2)c1. The summed E-state index contributed by atoms with van der Waals surface area (Å²) < 4.78 is 5.40. The number of pyridine rings is 1. The van der Waals surface area contributed by atoms with Crippen molar-refractivity contribution >= 4 is 34.5 Å². The number of aromatic nitrogens is 1. The van der Waals surface area contributed by atoms with E-state index in [1.807, 2.05) is 67.5 Å². The molecule has 2 N–H and O–H groups in total. The minimum absolute atomic E-state index is 0.174. The lowest BCUT2D eigenvalue weighted by atomic mass is 10.2. The van der Waals surface area contributed by atoms with Crippen molar-refractivity contribution in [1.82, 2.24) is 4.98 Å². The van der Waals surface area contributed by atoms with Crippen molar-refractivity contribution in [3.63, 3.8) is 0 Å². The Kier molecular flexibility index (Phi) is 6.33. The van der Waals surface area contributed by atoms with Crippen molar-refractivity contribution in [2.75, 3.05) is 60.8 Å². The molecule has 31 heavy (non-hydrogen) atoms. The fraction of sp³-hybridized carbons (Fsp3) is 0.250. The van der Waals surface area contributed by atoms with E-state index in [-0.39, 0.29) is 5.91 Å². The highest BCUT2D eigenvalue weighted by Crippen LogP contribution is 2.22. The number of carbonyl (C=O) groups is 1. The molecule has 1 saturated heterocycles. The quantitative estimate of drug-likeness (QED) is 0.632. The number of carbonyl (C=O) groups excluding carboxylic acids is 1. The first-order valence-electron chi connectivity index (χ1n) is 10.3.